The van der Waals surface area contributed by atoms with E-state index < -0.39 is 0 Å². The summed E-state index contributed by atoms with van der Waals surface area (Å²) in [4.78, 5) is 11.9. The average molecular weight is 248 g/mol. The summed E-state index contributed by atoms with van der Waals surface area (Å²) in [7, 11) is 0. The molecule has 0 radical (unpaired) electrons. The summed E-state index contributed by atoms with van der Waals surface area (Å²) in [6.45, 7) is 6.84. The monoisotopic (exact) mass is 248 g/mol. The molecule has 18 heavy (non-hydrogen) atoms. The Morgan fingerprint density at radius 2 is 1.83 bits per heavy atom. The van der Waals surface area contributed by atoms with Gasteiger partial charge in [0.1, 0.15) is 0 Å². The van der Waals surface area contributed by atoms with Gasteiger partial charge in [-0.05, 0) is 30.4 Å². The summed E-state index contributed by atoms with van der Waals surface area (Å²) in [5.74, 6) is 0.667. The second-order valence-electron chi connectivity index (χ2n) is 5.25. The highest BCUT2D eigenvalue weighted by atomic mass is 16.1. The van der Waals surface area contributed by atoms with Crippen LogP contribution < -0.4 is 11.1 Å². The third-order valence-electron chi connectivity index (χ3n) is 2.92. The molecule has 0 aliphatic rings. The van der Waals surface area contributed by atoms with Crippen molar-refractivity contribution in [1.82, 2.24) is 5.32 Å². The van der Waals surface area contributed by atoms with Gasteiger partial charge in [0.15, 0.2) is 0 Å². The molecule has 0 saturated carbocycles. The van der Waals surface area contributed by atoms with Gasteiger partial charge < -0.3 is 11.1 Å². The van der Waals surface area contributed by atoms with Crippen molar-refractivity contribution in [3.8, 4) is 0 Å². The molecule has 0 aliphatic carbocycles. The molecule has 0 aliphatic heterocycles. The van der Waals surface area contributed by atoms with Gasteiger partial charge in [-0.25, -0.2) is 0 Å². The summed E-state index contributed by atoms with van der Waals surface area (Å²) < 4.78 is 0. The Morgan fingerprint density at radius 3 is 2.39 bits per heavy atom. The fourth-order valence-corrected chi connectivity index (χ4v) is 2.19. The molecule has 1 aromatic rings. The third-order valence-corrected chi connectivity index (χ3v) is 2.92. The number of carbonyl (C=O) groups is 1. The zero-order valence-electron chi connectivity index (χ0n) is 11.6. The normalized spacial score (nSPS) is 12.5. The van der Waals surface area contributed by atoms with Crippen molar-refractivity contribution in [2.45, 2.75) is 46.2 Å². The first-order valence-electron chi connectivity index (χ1n) is 6.59. The Labute approximate surface area is 110 Å². The first-order chi connectivity index (χ1) is 8.52. The predicted octanol–water partition coefficient (Wildman–Crippen LogP) is 2.24. The van der Waals surface area contributed by atoms with E-state index in [1.54, 1.807) is 0 Å². The van der Waals surface area contributed by atoms with Gasteiger partial charge in [0.25, 0.3) is 0 Å². The van der Waals surface area contributed by atoms with Crippen LogP contribution in [0.4, 0.5) is 0 Å². The van der Waals surface area contributed by atoms with E-state index in [2.05, 4.69) is 19.2 Å². The Hall–Kier alpha value is -1.35. The molecule has 3 N–H and O–H groups in total. The zero-order chi connectivity index (χ0) is 13.5. The van der Waals surface area contributed by atoms with E-state index in [1.807, 2.05) is 31.2 Å². The molecule has 1 unspecified atom stereocenters. The molecule has 1 aromatic carbocycles. The number of hydrogen-bond acceptors (Lipinski definition) is 2. The lowest BCUT2D eigenvalue weighted by atomic mass is 10.0. The Morgan fingerprint density at radius 1 is 1.22 bits per heavy atom. The van der Waals surface area contributed by atoms with Gasteiger partial charge in [0, 0.05) is 12.6 Å². The molecule has 1 rings (SSSR count). The SMILES string of the molecule is CC(C)CC(C)NC(=O)Cc1ccccc1CN. The van der Waals surface area contributed by atoms with Crippen LogP contribution in [0, 0.1) is 5.92 Å². The van der Waals surface area contributed by atoms with E-state index in [4.69, 9.17) is 5.73 Å². The molecule has 0 fully saturated rings. The molecule has 100 valence electrons. The molecule has 1 amide bonds. The second kappa shape index (κ2) is 7.17. The summed E-state index contributed by atoms with van der Waals surface area (Å²) in [5.41, 5.74) is 7.73. The van der Waals surface area contributed by atoms with E-state index in [-0.39, 0.29) is 11.9 Å². The second-order valence-corrected chi connectivity index (χ2v) is 5.25. The standard InChI is InChI=1S/C15H24N2O/c1-11(2)8-12(3)17-15(18)9-13-6-4-5-7-14(13)10-16/h4-7,11-12H,8-10,16H2,1-3H3,(H,17,18). The van der Waals surface area contributed by atoms with Crippen molar-refractivity contribution in [2.75, 3.05) is 0 Å². The smallest absolute Gasteiger partial charge is 0.224 e. The zero-order valence-corrected chi connectivity index (χ0v) is 11.6. The van der Waals surface area contributed by atoms with Gasteiger partial charge in [-0.15, -0.1) is 0 Å². The van der Waals surface area contributed by atoms with Gasteiger partial charge in [-0.1, -0.05) is 38.1 Å². The first-order valence-corrected chi connectivity index (χ1v) is 6.59. The quantitative estimate of drug-likeness (QED) is 0.811. The number of hydrogen-bond donors (Lipinski definition) is 2. The summed E-state index contributed by atoms with van der Waals surface area (Å²) in [6.07, 6.45) is 1.42. The summed E-state index contributed by atoms with van der Waals surface area (Å²) in [5, 5.41) is 3.03. The number of nitrogens with two attached hydrogens (primary N) is 1. The van der Waals surface area contributed by atoms with Crippen LogP contribution in [0.15, 0.2) is 24.3 Å². The highest BCUT2D eigenvalue weighted by Gasteiger charge is 2.11. The van der Waals surface area contributed by atoms with Crippen LogP contribution in [0.2, 0.25) is 0 Å². The van der Waals surface area contributed by atoms with Crippen molar-refractivity contribution in [2.24, 2.45) is 11.7 Å². The average Bonchev–Trinajstić information content (AvgIpc) is 2.28. The Kier molecular flexibility index (Phi) is 5.86. The van der Waals surface area contributed by atoms with Crippen LogP contribution in [0.1, 0.15) is 38.3 Å². The van der Waals surface area contributed by atoms with Gasteiger partial charge in [0.2, 0.25) is 5.91 Å². The van der Waals surface area contributed by atoms with Crippen LogP contribution in [-0.2, 0) is 17.8 Å². The number of carbonyl (C=O) groups excluding carboxylic acids is 1. The van der Waals surface area contributed by atoms with Crippen molar-refractivity contribution in [1.29, 1.82) is 0 Å². The van der Waals surface area contributed by atoms with Crippen molar-refractivity contribution in [3.05, 3.63) is 35.4 Å². The van der Waals surface area contributed by atoms with Gasteiger partial charge in [-0.2, -0.15) is 0 Å². The van der Waals surface area contributed by atoms with Crippen molar-refractivity contribution >= 4 is 5.91 Å². The molecule has 0 aromatic heterocycles. The highest BCUT2D eigenvalue weighted by molar-refractivity contribution is 5.79. The Balaban J connectivity index is 2.54. The molecule has 0 saturated heterocycles. The minimum absolute atomic E-state index is 0.0732. The molecule has 3 heteroatoms. The summed E-state index contributed by atoms with van der Waals surface area (Å²) >= 11 is 0. The molecule has 3 nitrogen and oxygen atoms in total. The first kappa shape index (κ1) is 14.7. The van der Waals surface area contributed by atoms with E-state index in [9.17, 15) is 4.79 Å². The van der Waals surface area contributed by atoms with Crippen LogP contribution in [0.3, 0.4) is 0 Å². The van der Waals surface area contributed by atoms with Crippen molar-refractivity contribution in [3.63, 3.8) is 0 Å². The lowest BCUT2D eigenvalue weighted by Crippen LogP contribution is -2.34. The number of amides is 1. The van der Waals surface area contributed by atoms with Gasteiger partial charge in [-0.3, -0.25) is 4.79 Å². The Bertz CT molecular complexity index is 388. The van der Waals surface area contributed by atoms with Crippen LogP contribution in [0.5, 0.6) is 0 Å². The number of rotatable bonds is 6. The van der Waals surface area contributed by atoms with Gasteiger partial charge >= 0.3 is 0 Å². The van der Waals surface area contributed by atoms with Crippen LogP contribution >= 0.6 is 0 Å². The van der Waals surface area contributed by atoms with E-state index in [0.29, 0.717) is 18.9 Å². The van der Waals surface area contributed by atoms with Crippen LogP contribution in [0.25, 0.3) is 0 Å². The lowest BCUT2D eigenvalue weighted by Gasteiger charge is -2.16. The molecule has 1 atom stereocenters. The molecule has 0 bridgehead atoms. The molecule has 0 spiro atoms. The van der Waals surface area contributed by atoms with Gasteiger partial charge in [0.05, 0.1) is 6.42 Å². The third kappa shape index (κ3) is 4.88. The fourth-order valence-electron chi connectivity index (χ4n) is 2.19. The van der Waals surface area contributed by atoms with Crippen LogP contribution in [-0.4, -0.2) is 11.9 Å². The number of benzene rings is 1. The molecular weight excluding hydrogens is 224 g/mol. The molecule has 0 heterocycles. The topological polar surface area (TPSA) is 55.1 Å². The molecular formula is C15H24N2O. The maximum absolute atomic E-state index is 11.9. The largest absolute Gasteiger partial charge is 0.353 e. The predicted molar refractivity (Wildman–Crippen MR) is 75.1 cm³/mol. The maximum atomic E-state index is 11.9. The van der Waals surface area contributed by atoms with E-state index in [0.717, 1.165) is 17.5 Å². The highest BCUT2D eigenvalue weighted by Crippen LogP contribution is 2.09. The minimum Gasteiger partial charge on any atom is -0.353 e. The van der Waals surface area contributed by atoms with E-state index >= 15 is 0 Å². The fraction of sp³-hybridized carbons (Fsp3) is 0.533. The minimum atomic E-state index is 0.0732. The van der Waals surface area contributed by atoms with E-state index in [1.165, 1.54) is 0 Å². The maximum Gasteiger partial charge on any atom is 0.224 e. The van der Waals surface area contributed by atoms with Crippen molar-refractivity contribution < 1.29 is 4.79 Å². The lowest BCUT2D eigenvalue weighted by molar-refractivity contribution is -0.121. The number of nitrogens with one attached hydrogen (secondary N) is 1. The summed E-state index contributed by atoms with van der Waals surface area (Å²) in [6, 6.07) is 8.06.